The Morgan fingerprint density at radius 3 is 2.71 bits per heavy atom. The molecule has 1 aliphatic carbocycles. The van der Waals surface area contributed by atoms with Crippen LogP contribution in [-0.4, -0.2) is 61.5 Å². The van der Waals surface area contributed by atoms with E-state index in [1.54, 1.807) is 0 Å². The number of morpholine rings is 1. The quantitative estimate of drug-likeness (QED) is 0.624. The second-order valence-electron chi connectivity index (χ2n) is 4.25. The Balaban J connectivity index is 1.57. The van der Waals surface area contributed by atoms with Gasteiger partial charge in [0, 0.05) is 32.2 Å². The molecule has 2 rings (SSSR count). The maximum absolute atomic E-state index is 9.73. The van der Waals surface area contributed by atoms with E-state index >= 15 is 0 Å². The predicted octanol–water partition coefficient (Wildman–Crippen LogP) is -0.568. The lowest BCUT2D eigenvalue weighted by Crippen LogP contribution is -2.44. The Labute approximate surface area is 85.2 Å². The standard InChI is InChI=1S/C10H20N2O2/c13-10(7-11-9-1-2-9)8-12-3-5-14-6-4-12/h9-11,13H,1-8H2/t10-/m0/s1. The second-order valence-corrected chi connectivity index (χ2v) is 4.25. The van der Waals surface area contributed by atoms with Crippen LogP contribution < -0.4 is 5.32 Å². The molecule has 1 heterocycles. The first-order valence-electron chi connectivity index (χ1n) is 5.56. The van der Waals surface area contributed by atoms with Gasteiger partial charge >= 0.3 is 0 Å². The Morgan fingerprint density at radius 1 is 1.36 bits per heavy atom. The number of hydrogen-bond donors (Lipinski definition) is 2. The maximum Gasteiger partial charge on any atom is 0.0791 e. The number of rotatable bonds is 5. The summed E-state index contributed by atoms with van der Waals surface area (Å²) < 4.78 is 5.25. The van der Waals surface area contributed by atoms with E-state index in [0.717, 1.165) is 39.4 Å². The molecule has 0 bridgehead atoms. The summed E-state index contributed by atoms with van der Waals surface area (Å²) in [6.07, 6.45) is 2.34. The third kappa shape index (κ3) is 3.53. The fraction of sp³-hybridized carbons (Fsp3) is 1.00. The van der Waals surface area contributed by atoms with Gasteiger partial charge in [-0.25, -0.2) is 0 Å². The summed E-state index contributed by atoms with van der Waals surface area (Å²) >= 11 is 0. The lowest BCUT2D eigenvalue weighted by atomic mass is 10.3. The van der Waals surface area contributed by atoms with Gasteiger partial charge < -0.3 is 15.2 Å². The average Bonchev–Trinajstić information content (AvgIpc) is 3.00. The molecular formula is C10H20N2O2. The van der Waals surface area contributed by atoms with Gasteiger partial charge in [-0.2, -0.15) is 0 Å². The zero-order valence-electron chi connectivity index (χ0n) is 8.61. The molecule has 0 aromatic heterocycles. The second kappa shape index (κ2) is 5.07. The fourth-order valence-corrected chi connectivity index (χ4v) is 1.74. The summed E-state index contributed by atoms with van der Waals surface area (Å²) in [6, 6.07) is 0.689. The van der Waals surface area contributed by atoms with E-state index in [1.165, 1.54) is 12.8 Å². The normalized spacial score (nSPS) is 26.4. The van der Waals surface area contributed by atoms with Gasteiger partial charge in [0.2, 0.25) is 0 Å². The Morgan fingerprint density at radius 2 is 2.07 bits per heavy atom. The third-order valence-corrected chi connectivity index (χ3v) is 2.79. The first kappa shape index (κ1) is 10.4. The molecule has 0 unspecified atom stereocenters. The van der Waals surface area contributed by atoms with E-state index in [2.05, 4.69) is 10.2 Å². The largest absolute Gasteiger partial charge is 0.390 e. The van der Waals surface area contributed by atoms with E-state index in [-0.39, 0.29) is 6.10 Å². The van der Waals surface area contributed by atoms with Crippen LogP contribution in [0.3, 0.4) is 0 Å². The smallest absolute Gasteiger partial charge is 0.0791 e. The Kier molecular flexibility index (Phi) is 3.75. The van der Waals surface area contributed by atoms with Gasteiger partial charge in [0.25, 0.3) is 0 Å². The van der Waals surface area contributed by atoms with Crippen LogP contribution in [0.4, 0.5) is 0 Å². The zero-order chi connectivity index (χ0) is 9.80. The van der Waals surface area contributed by atoms with Crippen LogP contribution in [0, 0.1) is 0 Å². The number of aliphatic hydroxyl groups is 1. The van der Waals surface area contributed by atoms with Crippen LogP contribution in [0.5, 0.6) is 0 Å². The molecule has 0 spiro atoms. The molecule has 2 N–H and O–H groups in total. The number of aliphatic hydroxyl groups excluding tert-OH is 1. The highest BCUT2D eigenvalue weighted by Gasteiger charge is 2.22. The summed E-state index contributed by atoms with van der Waals surface area (Å²) in [5.74, 6) is 0. The molecule has 14 heavy (non-hydrogen) atoms. The van der Waals surface area contributed by atoms with Gasteiger partial charge in [-0.15, -0.1) is 0 Å². The van der Waals surface area contributed by atoms with Crippen LogP contribution in [0.2, 0.25) is 0 Å². The third-order valence-electron chi connectivity index (χ3n) is 2.79. The van der Waals surface area contributed by atoms with Gasteiger partial charge in [0.05, 0.1) is 19.3 Å². The molecule has 1 saturated carbocycles. The summed E-state index contributed by atoms with van der Waals surface area (Å²) in [6.45, 7) is 5.05. The van der Waals surface area contributed by atoms with Crippen molar-refractivity contribution in [2.75, 3.05) is 39.4 Å². The first-order chi connectivity index (χ1) is 6.84. The molecule has 4 nitrogen and oxygen atoms in total. The minimum absolute atomic E-state index is 0.228. The monoisotopic (exact) mass is 200 g/mol. The molecule has 1 aliphatic heterocycles. The van der Waals surface area contributed by atoms with Crippen molar-refractivity contribution in [2.24, 2.45) is 0 Å². The molecule has 0 aromatic rings. The highest BCUT2D eigenvalue weighted by Crippen LogP contribution is 2.18. The Bertz CT molecular complexity index is 168. The van der Waals surface area contributed by atoms with Gasteiger partial charge in [-0.1, -0.05) is 0 Å². The molecular weight excluding hydrogens is 180 g/mol. The molecule has 4 heteroatoms. The van der Waals surface area contributed by atoms with Crippen LogP contribution in [-0.2, 0) is 4.74 Å². The van der Waals surface area contributed by atoms with Crippen molar-refractivity contribution in [3.63, 3.8) is 0 Å². The Hall–Kier alpha value is -0.160. The molecule has 2 fully saturated rings. The van der Waals surface area contributed by atoms with Crippen LogP contribution in [0.25, 0.3) is 0 Å². The fourth-order valence-electron chi connectivity index (χ4n) is 1.74. The molecule has 1 atom stereocenters. The lowest BCUT2D eigenvalue weighted by molar-refractivity contribution is 0.0149. The topological polar surface area (TPSA) is 44.7 Å². The van der Waals surface area contributed by atoms with Crippen LogP contribution in [0.15, 0.2) is 0 Å². The highest BCUT2D eigenvalue weighted by molar-refractivity contribution is 4.82. The van der Waals surface area contributed by atoms with E-state index in [1.807, 2.05) is 0 Å². The van der Waals surface area contributed by atoms with Crippen molar-refractivity contribution in [3.05, 3.63) is 0 Å². The molecule has 0 amide bonds. The summed E-state index contributed by atoms with van der Waals surface area (Å²) in [4.78, 5) is 2.27. The van der Waals surface area contributed by atoms with Crippen molar-refractivity contribution in [1.82, 2.24) is 10.2 Å². The van der Waals surface area contributed by atoms with Gasteiger partial charge in [-0.05, 0) is 12.8 Å². The van der Waals surface area contributed by atoms with Crippen LogP contribution in [0.1, 0.15) is 12.8 Å². The average molecular weight is 200 g/mol. The van der Waals surface area contributed by atoms with Crippen LogP contribution >= 0.6 is 0 Å². The van der Waals surface area contributed by atoms with Crippen molar-refractivity contribution in [3.8, 4) is 0 Å². The SMILES string of the molecule is O[C@@H](CNC1CC1)CN1CCOCC1. The van der Waals surface area contributed by atoms with Crippen molar-refractivity contribution >= 4 is 0 Å². The van der Waals surface area contributed by atoms with Gasteiger partial charge in [0.15, 0.2) is 0 Å². The molecule has 2 aliphatic rings. The zero-order valence-corrected chi connectivity index (χ0v) is 8.61. The number of hydrogen-bond acceptors (Lipinski definition) is 4. The molecule has 1 saturated heterocycles. The maximum atomic E-state index is 9.73. The first-order valence-corrected chi connectivity index (χ1v) is 5.56. The number of ether oxygens (including phenoxy) is 1. The molecule has 82 valence electrons. The summed E-state index contributed by atoms with van der Waals surface area (Å²) in [5, 5.41) is 13.1. The van der Waals surface area contributed by atoms with Gasteiger partial charge in [-0.3, -0.25) is 4.90 Å². The van der Waals surface area contributed by atoms with Gasteiger partial charge in [0.1, 0.15) is 0 Å². The lowest BCUT2D eigenvalue weighted by Gasteiger charge is -2.28. The highest BCUT2D eigenvalue weighted by atomic mass is 16.5. The number of β-amino-alcohol motifs (C(OH)–C–C–N with tert-alkyl or cyclic N) is 1. The van der Waals surface area contributed by atoms with Crippen molar-refractivity contribution in [2.45, 2.75) is 25.0 Å². The molecule has 0 radical (unpaired) electrons. The van der Waals surface area contributed by atoms with E-state index < -0.39 is 0 Å². The van der Waals surface area contributed by atoms with Crippen molar-refractivity contribution < 1.29 is 9.84 Å². The predicted molar refractivity (Wildman–Crippen MR) is 54.3 cm³/mol. The summed E-state index contributed by atoms with van der Waals surface area (Å²) in [5.41, 5.74) is 0. The van der Waals surface area contributed by atoms with E-state index in [0.29, 0.717) is 6.04 Å². The number of nitrogens with zero attached hydrogens (tertiary/aromatic N) is 1. The van der Waals surface area contributed by atoms with E-state index in [9.17, 15) is 5.11 Å². The van der Waals surface area contributed by atoms with E-state index in [4.69, 9.17) is 4.74 Å². The van der Waals surface area contributed by atoms with Crippen molar-refractivity contribution in [1.29, 1.82) is 0 Å². The summed E-state index contributed by atoms with van der Waals surface area (Å²) in [7, 11) is 0. The minimum Gasteiger partial charge on any atom is -0.390 e. The number of nitrogens with one attached hydrogen (secondary N) is 1. The molecule has 0 aromatic carbocycles. The minimum atomic E-state index is -0.228.